The van der Waals surface area contributed by atoms with Gasteiger partial charge in [0.2, 0.25) is 0 Å². The van der Waals surface area contributed by atoms with Gasteiger partial charge in [0, 0.05) is 19.2 Å². The molecule has 0 heterocycles. The Kier molecular flexibility index (Phi) is 4.12. The molecule has 0 aliphatic carbocycles. The first-order chi connectivity index (χ1) is 7.85. The van der Waals surface area contributed by atoms with Crippen LogP contribution >= 0.6 is 0 Å². The highest BCUT2D eigenvalue weighted by Crippen LogP contribution is 2.17. The van der Waals surface area contributed by atoms with Gasteiger partial charge < -0.3 is 15.2 Å². The number of carbonyl (C=O) groups excluding carboxylic acids is 1. The fraction of sp³-hybridized carbons (Fsp3) is 0.462. The second kappa shape index (κ2) is 5.19. The Balaban J connectivity index is 2.68. The molecule has 1 aromatic rings. The van der Waals surface area contributed by atoms with Crippen LogP contribution < -0.4 is 5.32 Å². The maximum Gasteiger partial charge on any atom is 0.251 e. The zero-order valence-electron chi connectivity index (χ0n) is 10.7. The summed E-state index contributed by atoms with van der Waals surface area (Å²) in [5.74, 6) is -0.0888. The summed E-state index contributed by atoms with van der Waals surface area (Å²) >= 11 is 0. The summed E-state index contributed by atoms with van der Waals surface area (Å²) in [4.78, 5) is 11.8. The summed E-state index contributed by atoms with van der Waals surface area (Å²) in [6.07, 6.45) is 0. The minimum atomic E-state index is -0.400. The molecule has 1 aromatic carbocycles. The maximum atomic E-state index is 11.8. The molecule has 0 aliphatic heterocycles. The van der Waals surface area contributed by atoms with Gasteiger partial charge in [-0.25, -0.2) is 0 Å². The first kappa shape index (κ1) is 13.5. The van der Waals surface area contributed by atoms with Gasteiger partial charge in [0.25, 0.3) is 5.91 Å². The third-order valence-electron chi connectivity index (χ3n) is 2.70. The number of phenolic OH excluding ortho intramolecular Hbond substituents is 1. The number of nitrogens with one attached hydrogen (secondary N) is 1. The molecule has 0 fully saturated rings. The van der Waals surface area contributed by atoms with Crippen LogP contribution in [-0.2, 0) is 4.74 Å². The lowest BCUT2D eigenvalue weighted by Crippen LogP contribution is -2.39. The van der Waals surface area contributed by atoms with Crippen molar-refractivity contribution in [3.8, 4) is 5.75 Å². The highest BCUT2D eigenvalue weighted by atomic mass is 16.5. The van der Waals surface area contributed by atoms with Gasteiger partial charge in [-0.2, -0.15) is 0 Å². The number of phenols is 1. The van der Waals surface area contributed by atoms with Crippen LogP contribution in [0, 0.1) is 6.92 Å². The average molecular weight is 237 g/mol. The number of hydrogen-bond acceptors (Lipinski definition) is 3. The predicted molar refractivity (Wildman–Crippen MR) is 66.3 cm³/mol. The number of rotatable bonds is 4. The largest absolute Gasteiger partial charge is 0.508 e. The SMILES string of the molecule is COC(C)(C)CNC(=O)c1ccc(C)c(O)c1. The van der Waals surface area contributed by atoms with Gasteiger partial charge in [-0.3, -0.25) is 4.79 Å². The van der Waals surface area contributed by atoms with Crippen LogP contribution in [0.2, 0.25) is 0 Å². The van der Waals surface area contributed by atoms with E-state index in [0.29, 0.717) is 12.1 Å². The lowest BCUT2D eigenvalue weighted by molar-refractivity contribution is 0.0229. The summed E-state index contributed by atoms with van der Waals surface area (Å²) in [6, 6.07) is 4.86. The van der Waals surface area contributed by atoms with Crippen LogP contribution in [0.1, 0.15) is 29.8 Å². The van der Waals surface area contributed by atoms with E-state index in [-0.39, 0.29) is 11.7 Å². The third-order valence-corrected chi connectivity index (χ3v) is 2.70. The Hall–Kier alpha value is -1.55. The molecular weight excluding hydrogens is 218 g/mol. The van der Waals surface area contributed by atoms with Crippen molar-refractivity contribution in [3.05, 3.63) is 29.3 Å². The van der Waals surface area contributed by atoms with Gasteiger partial charge in [-0.15, -0.1) is 0 Å². The molecule has 4 heteroatoms. The number of aromatic hydroxyl groups is 1. The lowest BCUT2D eigenvalue weighted by Gasteiger charge is -2.23. The van der Waals surface area contributed by atoms with Gasteiger partial charge >= 0.3 is 0 Å². The summed E-state index contributed by atoms with van der Waals surface area (Å²) in [5.41, 5.74) is 0.793. The quantitative estimate of drug-likeness (QED) is 0.840. The highest BCUT2D eigenvalue weighted by molar-refractivity contribution is 5.94. The summed E-state index contributed by atoms with van der Waals surface area (Å²) in [6.45, 7) is 5.97. The fourth-order valence-electron chi connectivity index (χ4n) is 1.22. The number of ether oxygens (including phenoxy) is 1. The van der Waals surface area contributed by atoms with Crippen molar-refractivity contribution in [1.82, 2.24) is 5.32 Å². The predicted octanol–water partition coefficient (Wildman–Crippen LogP) is 1.86. The van der Waals surface area contributed by atoms with Crippen LogP contribution in [0.15, 0.2) is 18.2 Å². The number of methoxy groups -OCH3 is 1. The van der Waals surface area contributed by atoms with E-state index in [1.807, 2.05) is 13.8 Å². The van der Waals surface area contributed by atoms with Gasteiger partial charge in [-0.1, -0.05) is 6.07 Å². The van der Waals surface area contributed by atoms with Crippen LogP contribution in [0.25, 0.3) is 0 Å². The molecular formula is C13H19NO3. The molecule has 2 N–H and O–H groups in total. The molecule has 0 bridgehead atoms. The molecule has 0 spiro atoms. The van der Waals surface area contributed by atoms with Gasteiger partial charge in [-0.05, 0) is 38.5 Å². The van der Waals surface area contributed by atoms with E-state index >= 15 is 0 Å². The normalized spacial score (nSPS) is 11.3. The summed E-state index contributed by atoms with van der Waals surface area (Å²) in [7, 11) is 1.60. The topological polar surface area (TPSA) is 58.6 Å². The van der Waals surface area contributed by atoms with Crippen molar-refractivity contribution >= 4 is 5.91 Å². The second-order valence-electron chi connectivity index (χ2n) is 4.65. The molecule has 4 nitrogen and oxygen atoms in total. The lowest BCUT2D eigenvalue weighted by atomic mass is 10.1. The van der Waals surface area contributed by atoms with Crippen molar-refractivity contribution < 1.29 is 14.6 Å². The number of benzene rings is 1. The van der Waals surface area contributed by atoms with Crippen LogP contribution in [0.3, 0.4) is 0 Å². The summed E-state index contributed by atoms with van der Waals surface area (Å²) in [5, 5.41) is 12.3. The summed E-state index contributed by atoms with van der Waals surface area (Å²) < 4.78 is 5.20. The molecule has 1 rings (SSSR count). The van der Waals surface area contributed by atoms with Crippen molar-refractivity contribution in [3.63, 3.8) is 0 Å². The fourth-order valence-corrected chi connectivity index (χ4v) is 1.22. The molecule has 17 heavy (non-hydrogen) atoms. The molecule has 0 radical (unpaired) electrons. The number of hydrogen-bond donors (Lipinski definition) is 2. The number of aryl methyl sites for hydroxylation is 1. The van der Waals surface area contributed by atoms with Crippen molar-refractivity contribution in [2.24, 2.45) is 0 Å². The molecule has 94 valence electrons. The molecule has 0 aliphatic rings. The van der Waals surface area contributed by atoms with Gasteiger partial charge in [0.1, 0.15) is 5.75 Å². The zero-order chi connectivity index (χ0) is 13.1. The highest BCUT2D eigenvalue weighted by Gasteiger charge is 2.18. The molecule has 1 amide bonds. The first-order valence-electron chi connectivity index (χ1n) is 5.49. The minimum Gasteiger partial charge on any atom is -0.508 e. The monoisotopic (exact) mass is 237 g/mol. The van der Waals surface area contributed by atoms with E-state index in [0.717, 1.165) is 5.56 Å². The van der Waals surface area contributed by atoms with E-state index < -0.39 is 5.60 Å². The van der Waals surface area contributed by atoms with E-state index in [9.17, 15) is 9.90 Å². The number of carbonyl (C=O) groups is 1. The third kappa shape index (κ3) is 3.75. The molecule has 0 saturated carbocycles. The van der Waals surface area contributed by atoms with Gasteiger partial charge in [0.15, 0.2) is 0 Å². The molecule has 0 atom stereocenters. The Morgan fingerprint density at radius 2 is 2.12 bits per heavy atom. The van der Waals surface area contributed by atoms with E-state index in [1.165, 1.54) is 6.07 Å². The van der Waals surface area contributed by atoms with E-state index in [4.69, 9.17) is 4.74 Å². The number of amides is 1. The standard InChI is InChI=1S/C13H19NO3/c1-9-5-6-10(7-11(9)15)12(16)14-8-13(2,3)17-4/h5-7,15H,8H2,1-4H3,(H,14,16). The average Bonchev–Trinajstić information content (AvgIpc) is 2.30. The molecule has 0 unspecified atom stereocenters. The first-order valence-corrected chi connectivity index (χ1v) is 5.49. The van der Waals surface area contributed by atoms with Crippen LogP contribution in [-0.4, -0.2) is 30.3 Å². The molecule has 0 saturated heterocycles. The maximum absolute atomic E-state index is 11.8. The Bertz CT molecular complexity index is 413. The van der Waals surface area contributed by atoms with Gasteiger partial charge in [0.05, 0.1) is 5.60 Å². The minimum absolute atomic E-state index is 0.128. The van der Waals surface area contributed by atoms with Crippen LogP contribution in [0.5, 0.6) is 5.75 Å². The van der Waals surface area contributed by atoms with Crippen molar-refractivity contribution in [2.45, 2.75) is 26.4 Å². The van der Waals surface area contributed by atoms with E-state index in [2.05, 4.69) is 5.32 Å². The van der Waals surface area contributed by atoms with E-state index in [1.54, 1.807) is 26.2 Å². The zero-order valence-corrected chi connectivity index (χ0v) is 10.7. The molecule has 0 aromatic heterocycles. The van der Waals surface area contributed by atoms with Crippen molar-refractivity contribution in [1.29, 1.82) is 0 Å². The Morgan fingerprint density at radius 1 is 1.47 bits per heavy atom. The Morgan fingerprint density at radius 3 is 2.65 bits per heavy atom. The van der Waals surface area contributed by atoms with Crippen LogP contribution in [0.4, 0.5) is 0 Å². The smallest absolute Gasteiger partial charge is 0.251 e. The Labute approximate surface area is 102 Å². The van der Waals surface area contributed by atoms with Crippen molar-refractivity contribution in [2.75, 3.05) is 13.7 Å². The second-order valence-corrected chi connectivity index (χ2v) is 4.65.